The Balaban J connectivity index is 3.14. The Kier molecular flexibility index (Phi) is 3.40. The maximum atomic E-state index is 12.8. The molecule has 0 aliphatic rings. The number of hydrogen-bond donors (Lipinski definition) is 1. The minimum absolute atomic E-state index is 0.274. The highest BCUT2D eigenvalue weighted by atomic mass is 19.1. The maximum Gasteiger partial charge on any atom is 0.125 e. The van der Waals surface area contributed by atoms with E-state index in [-0.39, 0.29) is 5.82 Å². The largest absolute Gasteiger partial charge is 0.386 e. The van der Waals surface area contributed by atoms with E-state index in [9.17, 15) is 4.39 Å². The van der Waals surface area contributed by atoms with Crippen LogP contribution >= 0.6 is 0 Å². The van der Waals surface area contributed by atoms with Gasteiger partial charge in [0.05, 0.1) is 11.4 Å². The molecule has 3 heteroatoms. The molecule has 0 saturated carbocycles. The summed E-state index contributed by atoms with van der Waals surface area (Å²) in [6, 6.07) is 4.43. The minimum Gasteiger partial charge on any atom is -0.386 e. The maximum absolute atomic E-state index is 12.8. The van der Waals surface area contributed by atoms with Gasteiger partial charge in [0, 0.05) is 12.8 Å². The predicted molar refractivity (Wildman–Crippen MR) is 58.9 cm³/mol. The molecule has 0 aliphatic carbocycles. The highest BCUT2D eigenvalue weighted by Gasteiger charge is 2.00. The minimum atomic E-state index is -0.274. The lowest BCUT2D eigenvalue weighted by Gasteiger charge is -2.04. The Bertz CT molecular complexity index is 370. The quantitative estimate of drug-likeness (QED) is 0.731. The Morgan fingerprint density at radius 2 is 2.29 bits per heavy atom. The van der Waals surface area contributed by atoms with E-state index in [0.29, 0.717) is 11.4 Å². The van der Waals surface area contributed by atoms with Gasteiger partial charge < -0.3 is 5.32 Å². The molecular formula is C11H13FN2. The number of hydrogen-bond acceptors (Lipinski definition) is 2. The van der Waals surface area contributed by atoms with Gasteiger partial charge in [-0.1, -0.05) is 6.58 Å². The third-order valence-electron chi connectivity index (χ3n) is 1.82. The van der Waals surface area contributed by atoms with Gasteiger partial charge in [0.25, 0.3) is 0 Å². The summed E-state index contributed by atoms with van der Waals surface area (Å²) in [6.45, 7) is 5.45. The molecule has 0 aromatic heterocycles. The van der Waals surface area contributed by atoms with Crippen molar-refractivity contribution in [1.82, 2.24) is 0 Å². The molecule has 0 amide bonds. The van der Waals surface area contributed by atoms with E-state index in [2.05, 4.69) is 16.9 Å². The van der Waals surface area contributed by atoms with Crippen LogP contribution in [-0.2, 0) is 0 Å². The molecule has 14 heavy (non-hydrogen) atoms. The average Bonchev–Trinajstić information content (AvgIpc) is 2.20. The van der Waals surface area contributed by atoms with Gasteiger partial charge in [-0.2, -0.15) is 0 Å². The summed E-state index contributed by atoms with van der Waals surface area (Å²) in [6.07, 6.45) is 1.66. The number of rotatable bonds is 3. The van der Waals surface area contributed by atoms with E-state index in [1.165, 1.54) is 12.1 Å². The smallest absolute Gasteiger partial charge is 0.125 e. The Morgan fingerprint density at radius 3 is 2.86 bits per heavy atom. The van der Waals surface area contributed by atoms with E-state index >= 15 is 0 Å². The van der Waals surface area contributed by atoms with Gasteiger partial charge in [-0.3, -0.25) is 4.99 Å². The van der Waals surface area contributed by atoms with Crippen LogP contribution in [0.5, 0.6) is 0 Å². The SMILES string of the molecule is C=C/C(C)=N\c1ccc(F)cc1NC. The highest BCUT2D eigenvalue weighted by Crippen LogP contribution is 2.25. The summed E-state index contributed by atoms with van der Waals surface area (Å²) in [7, 11) is 1.73. The lowest BCUT2D eigenvalue weighted by Crippen LogP contribution is -1.91. The summed E-state index contributed by atoms with van der Waals surface area (Å²) in [5.74, 6) is -0.274. The summed E-state index contributed by atoms with van der Waals surface area (Å²) in [5.41, 5.74) is 2.19. The standard InChI is InChI=1S/C11H13FN2/c1-4-8(2)14-10-6-5-9(12)7-11(10)13-3/h4-7,13H,1H2,2-3H3/b14-8-. The average molecular weight is 192 g/mol. The molecule has 1 aromatic carbocycles. The van der Waals surface area contributed by atoms with Crippen molar-refractivity contribution < 1.29 is 4.39 Å². The first-order valence-electron chi connectivity index (χ1n) is 4.32. The third-order valence-corrected chi connectivity index (χ3v) is 1.82. The second kappa shape index (κ2) is 4.56. The molecule has 1 N–H and O–H groups in total. The van der Waals surface area contributed by atoms with Crippen molar-refractivity contribution in [2.75, 3.05) is 12.4 Å². The molecule has 74 valence electrons. The van der Waals surface area contributed by atoms with Crippen molar-refractivity contribution in [2.24, 2.45) is 4.99 Å². The number of nitrogens with one attached hydrogen (secondary N) is 1. The summed E-state index contributed by atoms with van der Waals surface area (Å²) < 4.78 is 12.8. The lowest BCUT2D eigenvalue weighted by atomic mass is 10.2. The van der Waals surface area contributed by atoms with Crippen molar-refractivity contribution >= 4 is 17.1 Å². The molecular weight excluding hydrogens is 179 g/mol. The van der Waals surface area contributed by atoms with Crippen molar-refractivity contribution in [1.29, 1.82) is 0 Å². The molecule has 0 saturated heterocycles. The van der Waals surface area contributed by atoms with Crippen LogP contribution in [0.3, 0.4) is 0 Å². The molecule has 0 aliphatic heterocycles. The van der Waals surface area contributed by atoms with Crippen LogP contribution in [0.2, 0.25) is 0 Å². The first-order chi connectivity index (χ1) is 6.67. The first kappa shape index (κ1) is 10.4. The lowest BCUT2D eigenvalue weighted by molar-refractivity contribution is 0.628. The fourth-order valence-corrected chi connectivity index (χ4v) is 1.04. The summed E-state index contributed by atoms with van der Waals surface area (Å²) in [5, 5.41) is 2.88. The molecule has 0 fully saturated rings. The highest BCUT2D eigenvalue weighted by molar-refractivity contribution is 5.95. The zero-order valence-electron chi connectivity index (χ0n) is 8.34. The predicted octanol–water partition coefficient (Wildman–Crippen LogP) is 3.15. The fourth-order valence-electron chi connectivity index (χ4n) is 1.04. The van der Waals surface area contributed by atoms with Crippen LogP contribution in [0.1, 0.15) is 6.92 Å². The van der Waals surface area contributed by atoms with Crippen LogP contribution in [0.25, 0.3) is 0 Å². The van der Waals surface area contributed by atoms with Crippen LogP contribution in [-0.4, -0.2) is 12.8 Å². The van der Waals surface area contributed by atoms with Gasteiger partial charge in [0.1, 0.15) is 5.82 Å². The van der Waals surface area contributed by atoms with Crippen LogP contribution in [0.15, 0.2) is 35.8 Å². The molecule has 0 heterocycles. The van der Waals surface area contributed by atoms with Crippen molar-refractivity contribution in [3.63, 3.8) is 0 Å². The molecule has 0 atom stereocenters. The molecule has 1 rings (SSSR count). The zero-order chi connectivity index (χ0) is 10.6. The monoisotopic (exact) mass is 192 g/mol. The summed E-state index contributed by atoms with van der Waals surface area (Å²) in [4.78, 5) is 4.26. The number of anilines is 1. The van der Waals surface area contributed by atoms with Crippen molar-refractivity contribution in [3.05, 3.63) is 36.7 Å². The number of allylic oxidation sites excluding steroid dienone is 1. The third kappa shape index (κ3) is 2.42. The Hall–Kier alpha value is -1.64. The first-order valence-corrected chi connectivity index (χ1v) is 4.32. The number of halogens is 1. The van der Waals surface area contributed by atoms with Crippen molar-refractivity contribution in [2.45, 2.75) is 6.92 Å². The van der Waals surface area contributed by atoms with E-state index < -0.39 is 0 Å². The van der Waals surface area contributed by atoms with E-state index in [1.54, 1.807) is 19.2 Å². The van der Waals surface area contributed by atoms with Gasteiger partial charge in [-0.25, -0.2) is 4.39 Å². The summed E-state index contributed by atoms with van der Waals surface area (Å²) >= 11 is 0. The number of benzene rings is 1. The zero-order valence-corrected chi connectivity index (χ0v) is 8.34. The Labute approximate surface area is 83.2 Å². The molecule has 1 aromatic rings. The van der Waals surface area contributed by atoms with Crippen LogP contribution < -0.4 is 5.32 Å². The molecule has 0 spiro atoms. The second-order valence-corrected chi connectivity index (χ2v) is 2.87. The van der Waals surface area contributed by atoms with Gasteiger partial charge in [-0.15, -0.1) is 0 Å². The Morgan fingerprint density at radius 1 is 1.57 bits per heavy atom. The van der Waals surface area contributed by atoms with Gasteiger partial charge >= 0.3 is 0 Å². The molecule has 0 bridgehead atoms. The van der Waals surface area contributed by atoms with Gasteiger partial charge in [-0.05, 0) is 31.2 Å². The van der Waals surface area contributed by atoms with Crippen molar-refractivity contribution in [3.8, 4) is 0 Å². The fraction of sp³-hybridized carbons (Fsp3) is 0.182. The van der Waals surface area contributed by atoms with E-state index in [1.807, 2.05) is 6.92 Å². The normalized spacial score (nSPS) is 11.2. The van der Waals surface area contributed by atoms with Crippen LogP contribution in [0, 0.1) is 5.82 Å². The molecule has 0 radical (unpaired) electrons. The topological polar surface area (TPSA) is 24.4 Å². The van der Waals surface area contributed by atoms with E-state index in [4.69, 9.17) is 0 Å². The molecule has 0 unspecified atom stereocenters. The number of aliphatic imine (C=N–C) groups is 1. The molecule has 2 nitrogen and oxygen atoms in total. The van der Waals surface area contributed by atoms with E-state index in [0.717, 1.165) is 5.71 Å². The van der Waals surface area contributed by atoms with Crippen LogP contribution in [0.4, 0.5) is 15.8 Å². The van der Waals surface area contributed by atoms with Gasteiger partial charge in [0.2, 0.25) is 0 Å². The number of nitrogens with zero attached hydrogens (tertiary/aromatic N) is 1. The second-order valence-electron chi connectivity index (χ2n) is 2.87. The van der Waals surface area contributed by atoms with Gasteiger partial charge in [0.15, 0.2) is 0 Å².